The molecule has 1 aliphatic heterocycles. The maximum Gasteiger partial charge on any atom is 0.133 e. The lowest BCUT2D eigenvalue weighted by atomic mass is 10.0. The lowest BCUT2D eigenvalue weighted by Crippen LogP contribution is -2.43. The first kappa shape index (κ1) is 13.3. The molecule has 0 amide bonds. The van der Waals surface area contributed by atoms with Crippen LogP contribution >= 0.6 is 11.8 Å². The SMILES string of the molecule is Nc1ncccc1CC(N)C1CSc2ccccc2O1. The predicted octanol–water partition coefficient (Wildman–Crippen LogP) is 2.09. The van der Waals surface area contributed by atoms with Crippen LogP contribution in [0.5, 0.6) is 5.75 Å². The number of anilines is 1. The highest BCUT2D eigenvalue weighted by Crippen LogP contribution is 2.35. The monoisotopic (exact) mass is 287 g/mol. The Hall–Kier alpha value is -1.72. The lowest BCUT2D eigenvalue weighted by Gasteiger charge is -2.30. The summed E-state index contributed by atoms with van der Waals surface area (Å²) >= 11 is 1.79. The Morgan fingerprint density at radius 1 is 1.30 bits per heavy atom. The number of hydrogen-bond acceptors (Lipinski definition) is 5. The van der Waals surface area contributed by atoms with Gasteiger partial charge in [-0.25, -0.2) is 4.98 Å². The molecule has 2 unspecified atom stereocenters. The number of nitrogens with zero attached hydrogens (tertiary/aromatic N) is 1. The van der Waals surface area contributed by atoms with E-state index in [1.54, 1.807) is 18.0 Å². The Bertz CT molecular complexity index is 605. The Balaban J connectivity index is 1.70. The molecule has 1 aromatic carbocycles. The topological polar surface area (TPSA) is 74.2 Å². The molecule has 0 bridgehead atoms. The number of hydrogen-bond donors (Lipinski definition) is 2. The number of aromatic nitrogens is 1. The Morgan fingerprint density at radius 3 is 3.00 bits per heavy atom. The van der Waals surface area contributed by atoms with Crippen LogP contribution < -0.4 is 16.2 Å². The van der Waals surface area contributed by atoms with Crippen LogP contribution in [0, 0.1) is 0 Å². The van der Waals surface area contributed by atoms with E-state index in [-0.39, 0.29) is 12.1 Å². The van der Waals surface area contributed by atoms with Gasteiger partial charge in [0.1, 0.15) is 17.7 Å². The summed E-state index contributed by atoms with van der Waals surface area (Å²) in [6, 6.07) is 11.8. The van der Waals surface area contributed by atoms with Crippen molar-refractivity contribution in [3.8, 4) is 5.75 Å². The van der Waals surface area contributed by atoms with Crippen molar-refractivity contribution in [3.63, 3.8) is 0 Å². The molecule has 4 nitrogen and oxygen atoms in total. The number of nitrogen functional groups attached to an aromatic ring is 1. The number of benzene rings is 1. The Kier molecular flexibility index (Phi) is 3.80. The maximum absolute atomic E-state index is 6.28. The molecular weight excluding hydrogens is 270 g/mol. The Morgan fingerprint density at radius 2 is 2.15 bits per heavy atom. The van der Waals surface area contributed by atoms with Crippen molar-refractivity contribution in [2.24, 2.45) is 5.73 Å². The van der Waals surface area contributed by atoms with Gasteiger partial charge in [0.15, 0.2) is 0 Å². The minimum absolute atomic E-state index is 0.00509. The van der Waals surface area contributed by atoms with Crippen molar-refractivity contribution in [3.05, 3.63) is 48.2 Å². The molecule has 104 valence electrons. The van der Waals surface area contributed by atoms with Crippen LogP contribution in [0.3, 0.4) is 0 Å². The molecule has 3 rings (SSSR count). The summed E-state index contributed by atoms with van der Waals surface area (Å²) in [7, 11) is 0. The zero-order chi connectivity index (χ0) is 13.9. The molecule has 1 aliphatic rings. The lowest BCUT2D eigenvalue weighted by molar-refractivity contribution is 0.184. The van der Waals surface area contributed by atoms with Crippen LogP contribution in [-0.2, 0) is 6.42 Å². The molecule has 4 N–H and O–H groups in total. The quantitative estimate of drug-likeness (QED) is 0.904. The largest absolute Gasteiger partial charge is 0.487 e. The fraction of sp³-hybridized carbons (Fsp3) is 0.267. The van der Waals surface area contributed by atoms with Gasteiger partial charge in [-0.2, -0.15) is 0 Å². The highest BCUT2D eigenvalue weighted by molar-refractivity contribution is 7.99. The smallest absolute Gasteiger partial charge is 0.133 e. The zero-order valence-electron chi connectivity index (χ0n) is 11.0. The summed E-state index contributed by atoms with van der Waals surface area (Å²) in [4.78, 5) is 5.27. The molecule has 20 heavy (non-hydrogen) atoms. The van der Waals surface area contributed by atoms with Crippen LogP contribution in [0.15, 0.2) is 47.5 Å². The third kappa shape index (κ3) is 2.73. The summed E-state index contributed by atoms with van der Waals surface area (Å²) < 4.78 is 6.00. The van der Waals surface area contributed by atoms with Gasteiger partial charge >= 0.3 is 0 Å². The summed E-state index contributed by atoms with van der Waals surface area (Å²) in [6.07, 6.45) is 2.36. The molecule has 2 aromatic rings. The van der Waals surface area contributed by atoms with Gasteiger partial charge in [0.2, 0.25) is 0 Å². The zero-order valence-corrected chi connectivity index (χ0v) is 11.8. The first-order valence-corrected chi connectivity index (χ1v) is 7.56. The summed E-state index contributed by atoms with van der Waals surface area (Å²) in [5, 5.41) is 0. The van der Waals surface area contributed by atoms with E-state index in [4.69, 9.17) is 16.2 Å². The van der Waals surface area contributed by atoms with Crippen molar-refractivity contribution in [2.75, 3.05) is 11.5 Å². The summed E-state index contributed by atoms with van der Waals surface area (Å²) in [5.74, 6) is 2.33. The van der Waals surface area contributed by atoms with Crippen LogP contribution in [-0.4, -0.2) is 22.9 Å². The van der Waals surface area contributed by atoms with Gasteiger partial charge in [-0.15, -0.1) is 11.8 Å². The predicted molar refractivity (Wildman–Crippen MR) is 81.9 cm³/mol. The number of para-hydroxylation sites is 1. The van der Waals surface area contributed by atoms with Gasteiger partial charge in [-0.05, 0) is 30.2 Å². The van der Waals surface area contributed by atoms with E-state index in [1.807, 2.05) is 30.3 Å². The molecule has 0 fully saturated rings. The Labute approximate surface area is 122 Å². The number of thioether (sulfide) groups is 1. The van der Waals surface area contributed by atoms with E-state index in [0.29, 0.717) is 12.2 Å². The molecule has 2 atom stereocenters. The average Bonchev–Trinajstić information content (AvgIpc) is 2.49. The van der Waals surface area contributed by atoms with Gasteiger partial charge in [0, 0.05) is 22.9 Å². The third-order valence-electron chi connectivity index (χ3n) is 3.39. The molecule has 0 radical (unpaired) electrons. The molecule has 1 aromatic heterocycles. The highest BCUT2D eigenvalue weighted by Gasteiger charge is 2.26. The van der Waals surface area contributed by atoms with E-state index < -0.39 is 0 Å². The third-order valence-corrected chi connectivity index (χ3v) is 4.53. The fourth-order valence-corrected chi connectivity index (χ4v) is 3.35. The van der Waals surface area contributed by atoms with E-state index in [1.165, 1.54) is 4.90 Å². The van der Waals surface area contributed by atoms with Crippen molar-refractivity contribution >= 4 is 17.6 Å². The fourth-order valence-electron chi connectivity index (χ4n) is 2.26. The van der Waals surface area contributed by atoms with Crippen molar-refractivity contribution in [1.29, 1.82) is 0 Å². The van der Waals surface area contributed by atoms with Crippen LogP contribution in [0.4, 0.5) is 5.82 Å². The summed E-state index contributed by atoms with van der Waals surface area (Å²) in [6.45, 7) is 0. The minimum Gasteiger partial charge on any atom is -0.487 e. The van der Waals surface area contributed by atoms with Gasteiger partial charge < -0.3 is 16.2 Å². The van der Waals surface area contributed by atoms with E-state index in [0.717, 1.165) is 17.1 Å². The van der Waals surface area contributed by atoms with E-state index in [9.17, 15) is 0 Å². The van der Waals surface area contributed by atoms with Crippen molar-refractivity contribution < 1.29 is 4.74 Å². The van der Waals surface area contributed by atoms with E-state index in [2.05, 4.69) is 11.1 Å². The average molecular weight is 287 g/mol. The number of fused-ring (bicyclic) bond motifs is 1. The van der Waals surface area contributed by atoms with Crippen LogP contribution in [0.2, 0.25) is 0 Å². The number of ether oxygens (including phenoxy) is 1. The molecule has 0 saturated carbocycles. The van der Waals surface area contributed by atoms with Gasteiger partial charge in [0.25, 0.3) is 0 Å². The molecule has 5 heteroatoms. The van der Waals surface area contributed by atoms with Gasteiger partial charge in [-0.3, -0.25) is 0 Å². The second-order valence-electron chi connectivity index (χ2n) is 4.83. The van der Waals surface area contributed by atoms with Gasteiger partial charge in [-0.1, -0.05) is 18.2 Å². The van der Waals surface area contributed by atoms with E-state index >= 15 is 0 Å². The minimum atomic E-state index is -0.0950. The maximum atomic E-state index is 6.28. The highest BCUT2D eigenvalue weighted by atomic mass is 32.2. The molecule has 0 aliphatic carbocycles. The number of nitrogens with two attached hydrogens (primary N) is 2. The second kappa shape index (κ2) is 5.73. The van der Waals surface area contributed by atoms with Crippen molar-refractivity contribution in [2.45, 2.75) is 23.5 Å². The molecular formula is C15H17N3OS. The number of pyridine rings is 1. The van der Waals surface area contributed by atoms with Crippen LogP contribution in [0.1, 0.15) is 5.56 Å². The molecule has 0 saturated heterocycles. The number of rotatable bonds is 3. The normalized spacial score (nSPS) is 18.9. The van der Waals surface area contributed by atoms with Crippen molar-refractivity contribution in [1.82, 2.24) is 4.98 Å². The molecule has 2 heterocycles. The summed E-state index contributed by atoms with van der Waals surface area (Å²) in [5.41, 5.74) is 13.1. The second-order valence-corrected chi connectivity index (χ2v) is 5.89. The van der Waals surface area contributed by atoms with Crippen LogP contribution in [0.25, 0.3) is 0 Å². The first-order valence-electron chi connectivity index (χ1n) is 6.57. The molecule has 0 spiro atoms. The van der Waals surface area contributed by atoms with Gasteiger partial charge in [0.05, 0.1) is 0 Å². The first-order chi connectivity index (χ1) is 9.74. The standard InChI is InChI=1S/C15H17N3OS/c16-11(8-10-4-3-7-18-15(10)17)13-9-20-14-6-2-1-5-12(14)19-13/h1-7,11,13H,8-9,16H2,(H2,17,18).